The van der Waals surface area contributed by atoms with Crippen molar-refractivity contribution in [1.82, 2.24) is 9.88 Å². The minimum absolute atomic E-state index is 0.576. The molecule has 2 nitrogen and oxygen atoms in total. The highest BCUT2D eigenvalue weighted by molar-refractivity contribution is 9.09. The van der Waals surface area contributed by atoms with Gasteiger partial charge in [0.05, 0.1) is 12.2 Å². The monoisotopic (exact) mass is 290 g/mol. The van der Waals surface area contributed by atoms with E-state index in [0.29, 0.717) is 6.04 Å². The predicted octanol–water partition coefficient (Wildman–Crippen LogP) is 3.37. The summed E-state index contributed by atoms with van der Waals surface area (Å²) in [5.41, 5.74) is 1.18. The minimum atomic E-state index is 0.576. The van der Waals surface area contributed by atoms with Crippen LogP contribution in [0.25, 0.3) is 0 Å². The van der Waals surface area contributed by atoms with Gasteiger partial charge in [-0.15, -0.1) is 11.3 Å². The molecule has 0 aliphatic carbocycles. The third kappa shape index (κ3) is 3.85. The van der Waals surface area contributed by atoms with Crippen LogP contribution in [0.3, 0.4) is 0 Å². The maximum absolute atomic E-state index is 4.58. The van der Waals surface area contributed by atoms with E-state index in [0.717, 1.165) is 18.4 Å². The molecule has 0 saturated heterocycles. The summed E-state index contributed by atoms with van der Waals surface area (Å²) in [7, 11) is 0. The van der Waals surface area contributed by atoms with Crippen LogP contribution in [0.5, 0.6) is 0 Å². The van der Waals surface area contributed by atoms with Crippen LogP contribution in [0.2, 0.25) is 0 Å². The summed E-state index contributed by atoms with van der Waals surface area (Å²) >= 11 is 5.31. The summed E-state index contributed by atoms with van der Waals surface area (Å²) in [5, 5.41) is 2.26. The Morgan fingerprint density at radius 2 is 2.07 bits per heavy atom. The van der Waals surface area contributed by atoms with Gasteiger partial charge in [0.25, 0.3) is 0 Å². The van der Waals surface area contributed by atoms with Crippen molar-refractivity contribution in [2.24, 2.45) is 0 Å². The molecule has 0 unspecified atom stereocenters. The first-order valence-corrected chi connectivity index (χ1v) is 7.21. The number of thiazole rings is 1. The second-order valence-corrected chi connectivity index (χ2v) is 6.08. The lowest BCUT2D eigenvalue weighted by atomic mass is 10.3. The van der Waals surface area contributed by atoms with E-state index >= 15 is 0 Å². The number of halogens is 1. The normalized spacial score (nSPS) is 11.7. The Hall–Kier alpha value is 0.0700. The number of hydrogen-bond acceptors (Lipinski definition) is 3. The van der Waals surface area contributed by atoms with E-state index in [2.05, 4.69) is 53.5 Å². The van der Waals surface area contributed by atoms with Crippen LogP contribution in [0, 0.1) is 13.8 Å². The Bertz CT molecular complexity index is 290. The topological polar surface area (TPSA) is 16.1 Å². The van der Waals surface area contributed by atoms with E-state index in [1.807, 2.05) is 11.3 Å². The van der Waals surface area contributed by atoms with Gasteiger partial charge in [0, 0.05) is 22.8 Å². The van der Waals surface area contributed by atoms with E-state index in [4.69, 9.17) is 0 Å². The lowest BCUT2D eigenvalue weighted by Crippen LogP contribution is -2.31. The van der Waals surface area contributed by atoms with E-state index in [-0.39, 0.29) is 0 Å². The zero-order valence-corrected chi connectivity index (χ0v) is 12.3. The van der Waals surface area contributed by atoms with Crippen molar-refractivity contribution >= 4 is 27.3 Å². The smallest absolute Gasteiger partial charge is 0.107 e. The van der Waals surface area contributed by atoms with E-state index < -0.39 is 0 Å². The number of aryl methyl sites for hydroxylation is 2. The molecular weight excluding hydrogens is 272 g/mol. The third-order valence-electron chi connectivity index (χ3n) is 2.51. The van der Waals surface area contributed by atoms with Crippen molar-refractivity contribution in [3.05, 3.63) is 15.6 Å². The molecule has 1 aromatic heterocycles. The number of hydrogen-bond donors (Lipinski definition) is 0. The lowest BCUT2D eigenvalue weighted by Gasteiger charge is -2.24. The Morgan fingerprint density at radius 3 is 2.47 bits per heavy atom. The van der Waals surface area contributed by atoms with E-state index in [1.54, 1.807) is 0 Å². The molecule has 0 atom stereocenters. The molecule has 0 radical (unpaired) electrons. The van der Waals surface area contributed by atoms with E-state index in [9.17, 15) is 0 Å². The van der Waals surface area contributed by atoms with Crippen molar-refractivity contribution < 1.29 is 0 Å². The summed E-state index contributed by atoms with van der Waals surface area (Å²) in [6.07, 6.45) is 0. The molecule has 1 heterocycles. The molecule has 0 aromatic carbocycles. The van der Waals surface area contributed by atoms with Gasteiger partial charge in [0.15, 0.2) is 0 Å². The predicted molar refractivity (Wildman–Crippen MR) is 70.9 cm³/mol. The van der Waals surface area contributed by atoms with Crippen molar-refractivity contribution in [3.8, 4) is 0 Å². The second kappa shape index (κ2) is 5.97. The van der Waals surface area contributed by atoms with Crippen molar-refractivity contribution in [2.45, 2.75) is 40.3 Å². The van der Waals surface area contributed by atoms with Gasteiger partial charge in [-0.25, -0.2) is 4.98 Å². The van der Waals surface area contributed by atoms with E-state index in [1.165, 1.54) is 15.6 Å². The number of alkyl halides is 1. The molecule has 4 heteroatoms. The maximum atomic E-state index is 4.58. The molecule has 0 N–H and O–H groups in total. The first kappa shape index (κ1) is 13.1. The first-order valence-electron chi connectivity index (χ1n) is 5.27. The zero-order chi connectivity index (χ0) is 11.4. The quantitative estimate of drug-likeness (QED) is 0.773. The van der Waals surface area contributed by atoms with Gasteiger partial charge in [-0.2, -0.15) is 0 Å². The fraction of sp³-hybridized carbons (Fsp3) is 0.727. The first-order chi connectivity index (χ1) is 7.04. The second-order valence-electron chi connectivity index (χ2n) is 4.00. The van der Waals surface area contributed by atoms with Crippen LogP contribution in [0.15, 0.2) is 0 Å². The van der Waals surface area contributed by atoms with Gasteiger partial charge < -0.3 is 0 Å². The summed E-state index contributed by atoms with van der Waals surface area (Å²) in [5.74, 6) is 0. The van der Waals surface area contributed by atoms with Crippen LogP contribution >= 0.6 is 27.3 Å². The molecule has 1 aromatic rings. The van der Waals surface area contributed by atoms with Gasteiger partial charge in [-0.05, 0) is 27.7 Å². The number of rotatable bonds is 5. The fourth-order valence-corrected chi connectivity index (χ4v) is 2.82. The highest BCUT2D eigenvalue weighted by Crippen LogP contribution is 2.18. The SMILES string of the molecule is Cc1nc(CN(CCBr)C(C)C)sc1C. The van der Waals surface area contributed by atoms with Gasteiger partial charge in [-0.1, -0.05) is 15.9 Å². The molecule has 0 amide bonds. The molecule has 0 aliphatic heterocycles. The number of aromatic nitrogens is 1. The number of nitrogens with zero attached hydrogens (tertiary/aromatic N) is 2. The Kier molecular flexibility index (Phi) is 5.23. The van der Waals surface area contributed by atoms with Crippen molar-refractivity contribution in [3.63, 3.8) is 0 Å². The van der Waals surface area contributed by atoms with Gasteiger partial charge in [0.1, 0.15) is 5.01 Å². The Balaban J connectivity index is 2.65. The van der Waals surface area contributed by atoms with Crippen molar-refractivity contribution in [2.75, 3.05) is 11.9 Å². The molecule has 86 valence electrons. The van der Waals surface area contributed by atoms with Crippen LogP contribution in [0.4, 0.5) is 0 Å². The minimum Gasteiger partial charge on any atom is -0.293 e. The summed E-state index contributed by atoms with van der Waals surface area (Å²) in [4.78, 5) is 8.35. The van der Waals surface area contributed by atoms with Crippen LogP contribution in [-0.2, 0) is 6.54 Å². The molecule has 0 aliphatic rings. The summed E-state index contributed by atoms with van der Waals surface area (Å²) in [6.45, 7) is 10.7. The molecule has 1 rings (SSSR count). The zero-order valence-electron chi connectivity index (χ0n) is 9.88. The van der Waals surface area contributed by atoms with Crippen LogP contribution in [0.1, 0.15) is 29.4 Å². The third-order valence-corrected chi connectivity index (χ3v) is 3.93. The lowest BCUT2D eigenvalue weighted by molar-refractivity contribution is 0.227. The fourth-order valence-electron chi connectivity index (χ4n) is 1.41. The van der Waals surface area contributed by atoms with Gasteiger partial charge >= 0.3 is 0 Å². The van der Waals surface area contributed by atoms with Crippen LogP contribution in [-0.4, -0.2) is 27.8 Å². The van der Waals surface area contributed by atoms with Crippen molar-refractivity contribution in [1.29, 1.82) is 0 Å². The molecule has 0 saturated carbocycles. The molecule has 0 fully saturated rings. The van der Waals surface area contributed by atoms with Gasteiger partial charge in [0.2, 0.25) is 0 Å². The highest BCUT2D eigenvalue weighted by Gasteiger charge is 2.12. The maximum Gasteiger partial charge on any atom is 0.107 e. The van der Waals surface area contributed by atoms with Crippen LogP contribution < -0.4 is 0 Å². The Labute approximate surface area is 105 Å². The average molecular weight is 291 g/mol. The highest BCUT2D eigenvalue weighted by atomic mass is 79.9. The molecular formula is C11H19BrN2S. The Morgan fingerprint density at radius 1 is 1.40 bits per heavy atom. The molecule has 0 spiro atoms. The standard InChI is InChI=1S/C11H19BrN2S/c1-8(2)14(6-5-12)7-11-13-9(3)10(4)15-11/h8H,5-7H2,1-4H3. The van der Waals surface area contributed by atoms with Gasteiger partial charge in [-0.3, -0.25) is 4.90 Å². The summed E-state index contributed by atoms with van der Waals surface area (Å²) in [6, 6.07) is 0.576. The average Bonchev–Trinajstić information content (AvgIpc) is 2.45. The largest absolute Gasteiger partial charge is 0.293 e. The molecule has 0 bridgehead atoms. The summed E-state index contributed by atoms with van der Waals surface area (Å²) < 4.78 is 0. The molecule has 15 heavy (non-hydrogen) atoms.